The Morgan fingerprint density at radius 3 is 2.96 bits per heavy atom. The maximum absolute atomic E-state index is 12.2. The summed E-state index contributed by atoms with van der Waals surface area (Å²) in [6.07, 6.45) is 1.62. The van der Waals surface area contributed by atoms with Crippen LogP contribution in [0.5, 0.6) is 5.75 Å². The predicted molar refractivity (Wildman–Crippen MR) is 88.5 cm³/mol. The Hall–Kier alpha value is -1.75. The molecule has 5 nitrogen and oxygen atoms in total. The van der Waals surface area contributed by atoms with Crippen LogP contribution in [-0.2, 0) is 11.2 Å². The molecule has 0 radical (unpaired) electrons. The minimum atomic E-state index is -0.461. The third-order valence-corrected chi connectivity index (χ3v) is 4.48. The van der Waals surface area contributed by atoms with Gasteiger partial charge < -0.3 is 20.1 Å². The molecule has 2 unspecified atom stereocenters. The van der Waals surface area contributed by atoms with Gasteiger partial charge in [0.2, 0.25) is 0 Å². The van der Waals surface area contributed by atoms with E-state index >= 15 is 0 Å². The molecule has 5 heteroatoms. The fraction of sp³-hybridized carbons (Fsp3) is 0.611. The highest BCUT2D eigenvalue weighted by molar-refractivity contribution is 5.68. The van der Waals surface area contributed by atoms with Gasteiger partial charge in [0.25, 0.3) is 0 Å². The molecule has 2 aliphatic rings. The Morgan fingerprint density at radius 2 is 2.22 bits per heavy atom. The van der Waals surface area contributed by atoms with Gasteiger partial charge in [0, 0.05) is 25.6 Å². The molecule has 2 heterocycles. The average Bonchev–Trinajstić information content (AvgIpc) is 3.13. The van der Waals surface area contributed by atoms with E-state index in [2.05, 4.69) is 6.07 Å². The summed E-state index contributed by atoms with van der Waals surface area (Å²) >= 11 is 0. The molecule has 2 aliphatic heterocycles. The first-order valence-electron chi connectivity index (χ1n) is 8.32. The third-order valence-electron chi connectivity index (χ3n) is 4.48. The number of nitrogens with two attached hydrogens (primary N) is 1. The number of benzene rings is 1. The molecular formula is C18H26N2O3. The summed E-state index contributed by atoms with van der Waals surface area (Å²) in [5.74, 6) is 1.24. The van der Waals surface area contributed by atoms with Gasteiger partial charge in [-0.05, 0) is 50.3 Å². The highest BCUT2D eigenvalue weighted by atomic mass is 16.6. The van der Waals surface area contributed by atoms with Crippen molar-refractivity contribution >= 4 is 6.09 Å². The van der Waals surface area contributed by atoms with Crippen LogP contribution < -0.4 is 10.5 Å². The van der Waals surface area contributed by atoms with E-state index in [4.69, 9.17) is 15.2 Å². The summed E-state index contributed by atoms with van der Waals surface area (Å²) in [4.78, 5) is 13.9. The number of fused-ring (bicyclic) bond motifs is 1. The van der Waals surface area contributed by atoms with Crippen molar-refractivity contribution < 1.29 is 14.3 Å². The molecule has 1 aromatic carbocycles. The molecule has 23 heavy (non-hydrogen) atoms. The maximum atomic E-state index is 12.2. The quantitative estimate of drug-likeness (QED) is 0.910. The maximum Gasteiger partial charge on any atom is 0.410 e. The molecule has 0 aliphatic carbocycles. The van der Waals surface area contributed by atoms with Crippen molar-refractivity contribution in [2.45, 2.75) is 45.3 Å². The number of nitrogens with zero attached hydrogens (tertiary/aromatic N) is 1. The zero-order chi connectivity index (χ0) is 16.6. The van der Waals surface area contributed by atoms with Crippen molar-refractivity contribution in [3.63, 3.8) is 0 Å². The van der Waals surface area contributed by atoms with E-state index in [0.717, 1.165) is 30.8 Å². The SMILES string of the molecule is CC(C)(C)OC(=O)N1CCC(C(N)c2ccc3c(c2)CCO3)C1. The van der Waals surface area contributed by atoms with Crippen molar-refractivity contribution in [2.24, 2.45) is 11.7 Å². The monoisotopic (exact) mass is 318 g/mol. The first kappa shape index (κ1) is 16.1. The number of rotatable bonds is 2. The third kappa shape index (κ3) is 3.61. The average molecular weight is 318 g/mol. The fourth-order valence-electron chi connectivity index (χ4n) is 3.26. The molecule has 126 valence electrons. The standard InChI is InChI=1S/C18H26N2O3/c1-18(2,3)23-17(21)20-8-6-14(11-20)16(19)13-4-5-15-12(10-13)7-9-22-15/h4-5,10,14,16H,6-9,11,19H2,1-3H3. The Kier molecular flexibility index (Phi) is 4.23. The van der Waals surface area contributed by atoms with Gasteiger partial charge in [0.05, 0.1) is 6.61 Å². The Bertz CT molecular complexity index is 594. The molecule has 3 rings (SSSR count). The number of hydrogen-bond donors (Lipinski definition) is 1. The van der Waals surface area contributed by atoms with E-state index in [1.54, 1.807) is 4.90 Å². The van der Waals surface area contributed by atoms with Crippen LogP contribution in [0.4, 0.5) is 4.79 Å². The van der Waals surface area contributed by atoms with Crippen molar-refractivity contribution in [2.75, 3.05) is 19.7 Å². The van der Waals surface area contributed by atoms with E-state index in [1.807, 2.05) is 32.9 Å². The van der Waals surface area contributed by atoms with Crippen molar-refractivity contribution in [3.8, 4) is 5.75 Å². The molecule has 0 aromatic heterocycles. The number of likely N-dealkylation sites (tertiary alicyclic amines) is 1. The second-order valence-electron chi connectivity index (χ2n) is 7.47. The topological polar surface area (TPSA) is 64.8 Å². The van der Waals surface area contributed by atoms with Gasteiger partial charge >= 0.3 is 6.09 Å². The van der Waals surface area contributed by atoms with Crippen molar-refractivity contribution in [1.82, 2.24) is 4.90 Å². The molecule has 2 atom stereocenters. The Labute approximate surface area is 137 Å². The summed E-state index contributed by atoms with van der Waals surface area (Å²) < 4.78 is 11.0. The summed E-state index contributed by atoms with van der Waals surface area (Å²) in [5.41, 5.74) is 8.37. The number of carbonyl (C=O) groups excluding carboxylic acids is 1. The fourth-order valence-corrected chi connectivity index (χ4v) is 3.26. The van der Waals surface area contributed by atoms with E-state index in [0.29, 0.717) is 13.1 Å². The number of amides is 1. The Morgan fingerprint density at radius 1 is 1.43 bits per heavy atom. The molecule has 1 saturated heterocycles. The lowest BCUT2D eigenvalue weighted by molar-refractivity contribution is 0.0286. The first-order valence-corrected chi connectivity index (χ1v) is 8.32. The Balaban J connectivity index is 1.63. The molecule has 0 bridgehead atoms. The second-order valence-corrected chi connectivity index (χ2v) is 7.47. The van der Waals surface area contributed by atoms with Crippen LogP contribution in [0.3, 0.4) is 0 Å². The summed E-state index contributed by atoms with van der Waals surface area (Å²) in [7, 11) is 0. The number of carbonyl (C=O) groups is 1. The molecule has 1 fully saturated rings. The molecule has 2 N–H and O–H groups in total. The van der Waals surface area contributed by atoms with E-state index < -0.39 is 5.60 Å². The van der Waals surface area contributed by atoms with Crippen LogP contribution in [0.2, 0.25) is 0 Å². The molecule has 0 spiro atoms. The molecule has 1 aromatic rings. The van der Waals surface area contributed by atoms with Gasteiger partial charge in [-0.2, -0.15) is 0 Å². The summed E-state index contributed by atoms with van der Waals surface area (Å²) in [5, 5.41) is 0. The molecule has 0 saturated carbocycles. The summed E-state index contributed by atoms with van der Waals surface area (Å²) in [6.45, 7) is 7.78. The number of ether oxygens (including phenoxy) is 2. The highest BCUT2D eigenvalue weighted by Crippen LogP contribution is 2.33. The van der Waals surface area contributed by atoms with Crippen LogP contribution in [0.25, 0.3) is 0 Å². The molecule has 1 amide bonds. The smallest absolute Gasteiger partial charge is 0.410 e. The van der Waals surface area contributed by atoms with Crippen LogP contribution in [0.15, 0.2) is 18.2 Å². The molecular weight excluding hydrogens is 292 g/mol. The number of hydrogen-bond acceptors (Lipinski definition) is 4. The lowest BCUT2D eigenvalue weighted by Crippen LogP contribution is -2.36. The lowest BCUT2D eigenvalue weighted by atomic mass is 9.92. The largest absolute Gasteiger partial charge is 0.493 e. The van der Waals surface area contributed by atoms with Gasteiger partial charge in [-0.25, -0.2) is 4.79 Å². The minimum absolute atomic E-state index is 0.0617. The highest BCUT2D eigenvalue weighted by Gasteiger charge is 2.33. The van der Waals surface area contributed by atoms with E-state index in [9.17, 15) is 4.79 Å². The van der Waals surface area contributed by atoms with Gasteiger partial charge in [-0.3, -0.25) is 0 Å². The van der Waals surface area contributed by atoms with Crippen LogP contribution in [-0.4, -0.2) is 36.3 Å². The van der Waals surface area contributed by atoms with Gasteiger partial charge in [0.15, 0.2) is 0 Å². The van der Waals surface area contributed by atoms with Crippen LogP contribution >= 0.6 is 0 Å². The van der Waals surface area contributed by atoms with Gasteiger partial charge in [0.1, 0.15) is 11.4 Å². The van der Waals surface area contributed by atoms with Crippen LogP contribution in [0, 0.1) is 5.92 Å². The normalized spacial score (nSPS) is 21.7. The van der Waals surface area contributed by atoms with Crippen molar-refractivity contribution in [3.05, 3.63) is 29.3 Å². The minimum Gasteiger partial charge on any atom is -0.493 e. The zero-order valence-corrected chi connectivity index (χ0v) is 14.2. The zero-order valence-electron chi connectivity index (χ0n) is 14.2. The van der Waals surface area contributed by atoms with Crippen LogP contribution in [0.1, 0.15) is 44.4 Å². The second kappa shape index (κ2) is 6.04. The van der Waals surface area contributed by atoms with E-state index in [-0.39, 0.29) is 18.1 Å². The lowest BCUT2D eigenvalue weighted by Gasteiger charge is -2.25. The van der Waals surface area contributed by atoms with E-state index in [1.165, 1.54) is 5.56 Å². The predicted octanol–water partition coefficient (Wildman–Crippen LogP) is 2.88. The summed E-state index contributed by atoms with van der Waals surface area (Å²) in [6, 6.07) is 6.15. The first-order chi connectivity index (χ1) is 10.8. The van der Waals surface area contributed by atoms with Gasteiger partial charge in [-0.1, -0.05) is 12.1 Å². The van der Waals surface area contributed by atoms with Gasteiger partial charge in [-0.15, -0.1) is 0 Å². The van der Waals surface area contributed by atoms with Crippen molar-refractivity contribution in [1.29, 1.82) is 0 Å².